The molecule has 0 aliphatic heterocycles. The minimum absolute atomic E-state index is 0.109. The summed E-state index contributed by atoms with van der Waals surface area (Å²) in [6.07, 6.45) is 0. The predicted molar refractivity (Wildman–Crippen MR) is 70.3 cm³/mol. The van der Waals surface area contributed by atoms with Crippen molar-refractivity contribution in [1.82, 2.24) is 0 Å². The monoisotopic (exact) mass is 274 g/mol. The molecule has 0 aromatic heterocycles. The Kier molecular flexibility index (Phi) is 5.90. The summed E-state index contributed by atoms with van der Waals surface area (Å²) in [7, 11) is -1.83. The zero-order valence-electron chi connectivity index (χ0n) is 10.3. The van der Waals surface area contributed by atoms with Crippen LogP contribution in [0, 0.1) is 0 Å². The predicted octanol–water partition coefficient (Wildman–Crippen LogP) is 0.412. The first-order valence-electron chi connectivity index (χ1n) is 5.47. The van der Waals surface area contributed by atoms with Crippen molar-refractivity contribution in [1.29, 1.82) is 0 Å². The van der Waals surface area contributed by atoms with Gasteiger partial charge in [-0.3, -0.25) is 0 Å². The molecule has 0 bridgehead atoms. The van der Waals surface area contributed by atoms with Crippen molar-refractivity contribution in [2.75, 3.05) is 37.9 Å². The highest BCUT2D eigenvalue weighted by Crippen LogP contribution is 2.16. The van der Waals surface area contributed by atoms with E-state index in [1.165, 1.54) is 0 Å². The van der Waals surface area contributed by atoms with E-state index in [0.29, 0.717) is 19.0 Å². The summed E-state index contributed by atoms with van der Waals surface area (Å²) in [6, 6.07) is 7.26. The van der Waals surface area contributed by atoms with E-state index < -0.39 is 10.0 Å². The molecule has 1 aromatic carbocycles. The molecule has 0 saturated heterocycles. The standard InChI is InChI=1S/C11H18N2O4S/c1-16-6-7-17-11-4-2-3-10(9-11)13-5-8-18(12,14)15/h2-4,9,13H,5-8H2,1H3,(H2,12,14,15). The Hall–Kier alpha value is -1.31. The number of rotatable bonds is 8. The molecule has 0 unspecified atom stereocenters. The fraction of sp³-hybridized carbons (Fsp3) is 0.455. The molecule has 0 aliphatic carbocycles. The van der Waals surface area contributed by atoms with E-state index in [9.17, 15) is 8.42 Å². The maximum Gasteiger partial charge on any atom is 0.210 e. The summed E-state index contributed by atoms with van der Waals surface area (Å²) < 4.78 is 31.8. The van der Waals surface area contributed by atoms with Crippen LogP contribution in [0.3, 0.4) is 0 Å². The Morgan fingerprint density at radius 2 is 2.11 bits per heavy atom. The molecule has 1 aromatic rings. The molecule has 0 spiro atoms. The molecular formula is C11H18N2O4S. The van der Waals surface area contributed by atoms with Crippen molar-refractivity contribution in [2.24, 2.45) is 5.14 Å². The van der Waals surface area contributed by atoms with E-state index in [1.54, 1.807) is 13.2 Å². The van der Waals surface area contributed by atoms with Crippen molar-refractivity contribution >= 4 is 15.7 Å². The second kappa shape index (κ2) is 7.20. The summed E-state index contributed by atoms with van der Waals surface area (Å²) in [5.41, 5.74) is 0.786. The van der Waals surface area contributed by atoms with Crippen LogP contribution < -0.4 is 15.2 Å². The Balaban J connectivity index is 2.44. The molecule has 0 fully saturated rings. The Bertz CT molecular complexity index is 462. The lowest BCUT2D eigenvalue weighted by molar-refractivity contribution is 0.146. The Morgan fingerprint density at radius 3 is 2.78 bits per heavy atom. The van der Waals surface area contributed by atoms with Crippen LogP contribution in [0.2, 0.25) is 0 Å². The Labute approximate surface area is 107 Å². The number of sulfonamides is 1. The van der Waals surface area contributed by atoms with E-state index in [0.717, 1.165) is 5.69 Å². The van der Waals surface area contributed by atoms with Gasteiger partial charge >= 0.3 is 0 Å². The van der Waals surface area contributed by atoms with Crippen molar-refractivity contribution in [3.8, 4) is 5.75 Å². The number of nitrogens with one attached hydrogen (secondary N) is 1. The molecule has 0 radical (unpaired) electrons. The maximum absolute atomic E-state index is 10.8. The normalized spacial score (nSPS) is 11.2. The van der Waals surface area contributed by atoms with Gasteiger partial charge in [-0.25, -0.2) is 13.6 Å². The van der Waals surface area contributed by atoms with Crippen LogP contribution in [0.25, 0.3) is 0 Å². The van der Waals surface area contributed by atoms with E-state index in [1.807, 2.05) is 18.2 Å². The second-order valence-corrected chi connectivity index (χ2v) is 5.40. The zero-order chi connectivity index (χ0) is 13.4. The van der Waals surface area contributed by atoms with Crippen molar-refractivity contribution in [3.05, 3.63) is 24.3 Å². The summed E-state index contributed by atoms with van der Waals surface area (Å²) in [5, 5.41) is 7.87. The Morgan fingerprint density at radius 1 is 1.33 bits per heavy atom. The first-order valence-corrected chi connectivity index (χ1v) is 7.19. The van der Waals surface area contributed by atoms with Gasteiger partial charge in [0.1, 0.15) is 12.4 Å². The molecule has 0 heterocycles. The van der Waals surface area contributed by atoms with Gasteiger partial charge in [0.05, 0.1) is 12.4 Å². The third-order valence-electron chi connectivity index (χ3n) is 2.11. The first kappa shape index (κ1) is 14.7. The first-order chi connectivity index (χ1) is 8.51. The molecule has 0 atom stereocenters. The van der Waals surface area contributed by atoms with Gasteiger partial charge in [-0.1, -0.05) is 6.07 Å². The van der Waals surface area contributed by atoms with E-state index in [-0.39, 0.29) is 12.3 Å². The molecule has 0 saturated carbocycles. The molecule has 1 rings (SSSR count). The maximum atomic E-state index is 10.8. The van der Waals surface area contributed by atoms with Crippen molar-refractivity contribution in [2.45, 2.75) is 0 Å². The van der Waals surface area contributed by atoms with Gasteiger partial charge in [0, 0.05) is 25.4 Å². The molecule has 18 heavy (non-hydrogen) atoms. The van der Waals surface area contributed by atoms with Crippen LogP contribution >= 0.6 is 0 Å². The molecular weight excluding hydrogens is 256 g/mol. The fourth-order valence-electron chi connectivity index (χ4n) is 1.28. The number of methoxy groups -OCH3 is 1. The molecule has 0 aliphatic rings. The highest BCUT2D eigenvalue weighted by Gasteiger charge is 2.02. The number of primary sulfonamides is 1. The highest BCUT2D eigenvalue weighted by molar-refractivity contribution is 7.89. The summed E-state index contributed by atoms with van der Waals surface area (Å²) in [6.45, 7) is 1.25. The average Bonchev–Trinajstić information content (AvgIpc) is 2.28. The fourth-order valence-corrected chi connectivity index (χ4v) is 1.66. The number of hydrogen-bond donors (Lipinski definition) is 2. The summed E-state index contributed by atoms with van der Waals surface area (Å²) in [4.78, 5) is 0. The summed E-state index contributed by atoms with van der Waals surface area (Å²) >= 11 is 0. The van der Waals surface area contributed by atoms with Gasteiger partial charge < -0.3 is 14.8 Å². The quantitative estimate of drug-likeness (QED) is 0.670. The van der Waals surface area contributed by atoms with Crippen molar-refractivity contribution < 1.29 is 17.9 Å². The average molecular weight is 274 g/mol. The van der Waals surface area contributed by atoms with Crippen LogP contribution in [0.5, 0.6) is 5.75 Å². The van der Waals surface area contributed by atoms with Gasteiger partial charge in [-0.2, -0.15) is 0 Å². The summed E-state index contributed by atoms with van der Waals surface area (Å²) in [5.74, 6) is 0.592. The molecule has 102 valence electrons. The SMILES string of the molecule is COCCOc1cccc(NCCS(N)(=O)=O)c1. The second-order valence-electron chi connectivity index (χ2n) is 3.66. The van der Waals surface area contributed by atoms with Gasteiger partial charge in [-0.15, -0.1) is 0 Å². The molecule has 0 amide bonds. The largest absolute Gasteiger partial charge is 0.491 e. The van der Waals surface area contributed by atoms with Crippen LogP contribution in [0.15, 0.2) is 24.3 Å². The van der Waals surface area contributed by atoms with Crippen LogP contribution in [0.1, 0.15) is 0 Å². The number of hydrogen-bond acceptors (Lipinski definition) is 5. The number of nitrogens with two attached hydrogens (primary N) is 1. The van der Waals surface area contributed by atoms with E-state index >= 15 is 0 Å². The van der Waals surface area contributed by atoms with E-state index in [2.05, 4.69) is 5.32 Å². The number of benzene rings is 1. The third-order valence-corrected chi connectivity index (χ3v) is 2.88. The minimum atomic E-state index is -3.43. The lowest BCUT2D eigenvalue weighted by Crippen LogP contribution is -2.22. The van der Waals surface area contributed by atoms with Gasteiger partial charge in [0.2, 0.25) is 10.0 Å². The van der Waals surface area contributed by atoms with Gasteiger partial charge in [0.25, 0.3) is 0 Å². The lowest BCUT2D eigenvalue weighted by atomic mass is 10.3. The smallest absolute Gasteiger partial charge is 0.210 e. The molecule has 7 heteroatoms. The van der Waals surface area contributed by atoms with E-state index in [4.69, 9.17) is 14.6 Å². The van der Waals surface area contributed by atoms with Crippen LogP contribution in [-0.4, -0.2) is 41.0 Å². The zero-order valence-corrected chi connectivity index (χ0v) is 11.1. The van der Waals surface area contributed by atoms with Crippen LogP contribution in [-0.2, 0) is 14.8 Å². The molecule has 6 nitrogen and oxygen atoms in total. The number of anilines is 1. The number of ether oxygens (including phenoxy) is 2. The topological polar surface area (TPSA) is 90.7 Å². The van der Waals surface area contributed by atoms with Crippen LogP contribution in [0.4, 0.5) is 5.69 Å². The lowest BCUT2D eigenvalue weighted by Gasteiger charge is -2.09. The third kappa shape index (κ3) is 6.43. The van der Waals surface area contributed by atoms with Gasteiger partial charge in [-0.05, 0) is 12.1 Å². The van der Waals surface area contributed by atoms with Crippen molar-refractivity contribution in [3.63, 3.8) is 0 Å². The minimum Gasteiger partial charge on any atom is -0.491 e. The highest BCUT2D eigenvalue weighted by atomic mass is 32.2. The van der Waals surface area contributed by atoms with Gasteiger partial charge in [0.15, 0.2) is 0 Å². The molecule has 3 N–H and O–H groups in total.